The fraction of sp³-hybridized carbons (Fsp3) is 0.917. The summed E-state index contributed by atoms with van der Waals surface area (Å²) < 4.78 is 33.6. The summed E-state index contributed by atoms with van der Waals surface area (Å²) in [6.45, 7) is 5.33. The van der Waals surface area contributed by atoms with Crippen LogP contribution in [0.2, 0.25) is 0 Å². The molecule has 0 aromatic carbocycles. The largest absolute Gasteiger partial charge is 0.481 e. The molecule has 0 unspecified atom stereocenters. The number of ether oxygens (including phenoxy) is 1. The van der Waals surface area contributed by atoms with E-state index in [-0.39, 0.29) is 13.1 Å². The second kappa shape index (κ2) is 5.59. The smallest absolute Gasteiger partial charge is 0.306 e. The van der Waals surface area contributed by atoms with E-state index >= 15 is 0 Å². The molecule has 2 saturated heterocycles. The maximum absolute atomic E-state index is 12.7. The van der Waals surface area contributed by atoms with E-state index in [9.17, 15) is 13.2 Å². The van der Waals surface area contributed by atoms with Crippen LogP contribution in [0, 0.1) is 5.92 Å². The number of carboxylic acid groups (broad SMARTS) is 1. The molecule has 116 valence electrons. The van der Waals surface area contributed by atoms with Crippen LogP contribution in [-0.4, -0.2) is 66.5 Å². The summed E-state index contributed by atoms with van der Waals surface area (Å²) in [6, 6.07) is 0. The molecule has 0 aromatic rings. The topological polar surface area (TPSA) is 87.2 Å². The lowest BCUT2D eigenvalue weighted by molar-refractivity contribution is -0.143. The molecule has 7 nitrogen and oxygen atoms in total. The van der Waals surface area contributed by atoms with Gasteiger partial charge in [0.1, 0.15) is 0 Å². The van der Waals surface area contributed by atoms with Gasteiger partial charge in [0.15, 0.2) is 0 Å². The van der Waals surface area contributed by atoms with Crippen molar-refractivity contribution >= 4 is 16.2 Å². The van der Waals surface area contributed by atoms with Crippen molar-refractivity contribution in [3.63, 3.8) is 0 Å². The molecule has 0 aliphatic carbocycles. The van der Waals surface area contributed by atoms with Gasteiger partial charge in [-0.2, -0.15) is 17.0 Å². The molecule has 0 radical (unpaired) electrons. The third kappa shape index (κ3) is 2.98. The molecule has 20 heavy (non-hydrogen) atoms. The minimum atomic E-state index is -3.55. The summed E-state index contributed by atoms with van der Waals surface area (Å²) in [4.78, 5) is 10.9. The van der Waals surface area contributed by atoms with E-state index in [4.69, 9.17) is 9.84 Å². The summed E-state index contributed by atoms with van der Waals surface area (Å²) in [5.74, 6) is -1.27. The Morgan fingerprint density at radius 2 is 1.85 bits per heavy atom. The van der Waals surface area contributed by atoms with Crippen molar-refractivity contribution in [2.45, 2.75) is 32.2 Å². The highest BCUT2D eigenvalue weighted by Gasteiger charge is 2.43. The zero-order valence-electron chi connectivity index (χ0n) is 11.9. The number of hydrogen-bond acceptors (Lipinski definition) is 4. The van der Waals surface area contributed by atoms with E-state index in [0.717, 1.165) is 0 Å². The number of nitrogens with zero attached hydrogens (tertiary/aromatic N) is 2. The second-order valence-corrected chi connectivity index (χ2v) is 7.81. The maximum atomic E-state index is 12.7. The zero-order chi connectivity index (χ0) is 15.0. The van der Waals surface area contributed by atoms with Gasteiger partial charge in [0.05, 0.1) is 24.7 Å². The van der Waals surface area contributed by atoms with Crippen molar-refractivity contribution in [3.05, 3.63) is 0 Å². The van der Waals surface area contributed by atoms with Crippen molar-refractivity contribution in [2.75, 3.05) is 32.8 Å². The fourth-order valence-electron chi connectivity index (χ4n) is 2.74. The lowest BCUT2D eigenvalue weighted by atomic mass is 9.99. The van der Waals surface area contributed by atoms with Gasteiger partial charge in [0.25, 0.3) is 10.2 Å². The zero-order valence-corrected chi connectivity index (χ0v) is 12.7. The van der Waals surface area contributed by atoms with Gasteiger partial charge in [-0.25, -0.2) is 0 Å². The van der Waals surface area contributed by atoms with E-state index < -0.39 is 27.6 Å². The molecule has 2 heterocycles. The average molecular weight is 306 g/mol. The van der Waals surface area contributed by atoms with Crippen LogP contribution in [-0.2, 0) is 19.7 Å². The SMILES string of the molecule is CC1(C)COCCN1S(=O)(=O)N1CCC(C(=O)O)CC1. The highest BCUT2D eigenvalue weighted by Crippen LogP contribution is 2.28. The Labute approximate surface area is 119 Å². The minimum absolute atomic E-state index is 0.271. The predicted molar refractivity (Wildman–Crippen MR) is 72.5 cm³/mol. The van der Waals surface area contributed by atoms with Gasteiger partial charge in [-0.05, 0) is 26.7 Å². The molecule has 0 atom stereocenters. The molecule has 0 aromatic heterocycles. The molecule has 1 N–H and O–H groups in total. The molecule has 8 heteroatoms. The first kappa shape index (κ1) is 15.7. The van der Waals surface area contributed by atoms with Crippen molar-refractivity contribution in [1.82, 2.24) is 8.61 Å². The molecule has 0 bridgehead atoms. The Morgan fingerprint density at radius 3 is 2.35 bits per heavy atom. The van der Waals surface area contributed by atoms with Crippen molar-refractivity contribution in [2.24, 2.45) is 5.92 Å². The normalized spacial score (nSPS) is 26.5. The Bertz CT molecular complexity index is 468. The summed E-state index contributed by atoms with van der Waals surface area (Å²) in [7, 11) is -3.55. The number of carbonyl (C=O) groups is 1. The summed E-state index contributed by atoms with van der Waals surface area (Å²) in [6.07, 6.45) is 0.749. The molecule has 2 fully saturated rings. The Hall–Kier alpha value is -0.700. The van der Waals surface area contributed by atoms with Crippen LogP contribution >= 0.6 is 0 Å². The molecule has 2 rings (SSSR count). The third-order valence-electron chi connectivity index (χ3n) is 3.98. The van der Waals surface area contributed by atoms with Crippen LogP contribution in [0.5, 0.6) is 0 Å². The summed E-state index contributed by atoms with van der Waals surface area (Å²) in [5.41, 5.74) is -0.569. The van der Waals surface area contributed by atoms with E-state index in [0.29, 0.717) is 32.6 Å². The lowest BCUT2D eigenvalue weighted by Crippen LogP contribution is -2.60. The standard InChI is InChI=1S/C12H22N2O5S/c1-12(2)9-19-8-7-14(12)20(17,18)13-5-3-10(4-6-13)11(15)16/h10H,3-9H2,1-2H3,(H,15,16). The maximum Gasteiger partial charge on any atom is 0.306 e. The van der Waals surface area contributed by atoms with Crippen LogP contribution in [0.25, 0.3) is 0 Å². The van der Waals surface area contributed by atoms with Crippen LogP contribution in [0.4, 0.5) is 0 Å². The molecule has 2 aliphatic heterocycles. The van der Waals surface area contributed by atoms with E-state index in [2.05, 4.69) is 0 Å². The lowest BCUT2D eigenvalue weighted by Gasteiger charge is -2.44. The fourth-order valence-corrected chi connectivity index (χ4v) is 4.68. The van der Waals surface area contributed by atoms with Gasteiger partial charge in [0, 0.05) is 19.6 Å². The van der Waals surface area contributed by atoms with Gasteiger partial charge in [0.2, 0.25) is 0 Å². The van der Waals surface area contributed by atoms with Crippen LogP contribution in [0.1, 0.15) is 26.7 Å². The predicted octanol–water partition coefficient (Wildman–Crippen LogP) is 0.139. The van der Waals surface area contributed by atoms with Gasteiger partial charge >= 0.3 is 5.97 Å². The molecule has 0 saturated carbocycles. The first-order valence-corrected chi connectivity index (χ1v) is 8.23. The first-order valence-electron chi connectivity index (χ1n) is 6.83. The molecule has 0 spiro atoms. The summed E-state index contributed by atoms with van der Waals surface area (Å²) in [5, 5.41) is 8.96. The van der Waals surface area contributed by atoms with Gasteiger partial charge in [-0.15, -0.1) is 0 Å². The molecule has 0 amide bonds. The quantitative estimate of drug-likeness (QED) is 0.801. The highest BCUT2D eigenvalue weighted by molar-refractivity contribution is 7.86. The van der Waals surface area contributed by atoms with Crippen molar-refractivity contribution in [1.29, 1.82) is 0 Å². The van der Waals surface area contributed by atoms with Crippen molar-refractivity contribution < 1.29 is 23.1 Å². The Balaban J connectivity index is 2.09. The van der Waals surface area contributed by atoms with E-state index in [1.54, 1.807) is 0 Å². The van der Waals surface area contributed by atoms with Crippen LogP contribution in [0.3, 0.4) is 0 Å². The Morgan fingerprint density at radius 1 is 1.25 bits per heavy atom. The number of morpholine rings is 1. The number of hydrogen-bond donors (Lipinski definition) is 1. The van der Waals surface area contributed by atoms with Gasteiger partial charge < -0.3 is 9.84 Å². The second-order valence-electron chi connectivity index (χ2n) is 5.96. The van der Waals surface area contributed by atoms with Crippen LogP contribution < -0.4 is 0 Å². The number of piperidine rings is 1. The molecule has 2 aliphatic rings. The number of carboxylic acids is 1. The number of rotatable bonds is 3. The van der Waals surface area contributed by atoms with Gasteiger partial charge in [-0.3, -0.25) is 4.79 Å². The molecular formula is C12H22N2O5S. The van der Waals surface area contributed by atoms with E-state index in [1.165, 1.54) is 8.61 Å². The first-order chi connectivity index (χ1) is 9.25. The Kier molecular flexibility index (Phi) is 4.38. The molecular weight excluding hydrogens is 284 g/mol. The minimum Gasteiger partial charge on any atom is -0.481 e. The van der Waals surface area contributed by atoms with Crippen molar-refractivity contribution in [3.8, 4) is 0 Å². The summed E-state index contributed by atoms with van der Waals surface area (Å²) >= 11 is 0. The average Bonchev–Trinajstić information content (AvgIpc) is 2.38. The van der Waals surface area contributed by atoms with Gasteiger partial charge in [-0.1, -0.05) is 0 Å². The number of aliphatic carboxylic acids is 1. The van der Waals surface area contributed by atoms with Crippen LogP contribution in [0.15, 0.2) is 0 Å². The third-order valence-corrected chi connectivity index (χ3v) is 6.23. The van der Waals surface area contributed by atoms with E-state index in [1.807, 2.05) is 13.8 Å². The highest BCUT2D eigenvalue weighted by atomic mass is 32.2. The monoisotopic (exact) mass is 306 g/mol.